The first-order valence-corrected chi connectivity index (χ1v) is 6.03. The second-order valence-corrected chi connectivity index (χ2v) is 4.59. The van der Waals surface area contributed by atoms with Gasteiger partial charge in [0.15, 0.2) is 0 Å². The monoisotopic (exact) mass is 285 g/mol. The van der Waals surface area contributed by atoms with Crippen LogP contribution in [0.1, 0.15) is 25.6 Å². The van der Waals surface area contributed by atoms with E-state index in [2.05, 4.69) is 21.2 Å². The minimum Gasteiger partial charge on any atom is -0.458 e. The van der Waals surface area contributed by atoms with E-state index < -0.39 is 0 Å². The Bertz CT molecular complexity index is 509. The van der Waals surface area contributed by atoms with Gasteiger partial charge in [-0.05, 0) is 47.6 Å². The Morgan fingerprint density at radius 1 is 1.44 bits per heavy atom. The summed E-state index contributed by atoms with van der Waals surface area (Å²) in [7, 11) is 0. The zero-order valence-electron chi connectivity index (χ0n) is 9.18. The van der Waals surface area contributed by atoms with Crippen molar-refractivity contribution in [3.8, 4) is 0 Å². The van der Waals surface area contributed by atoms with Gasteiger partial charge in [-0.2, -0.15) is 0 Å². The van der Waals surface area contributed by atoms with Crippen molar-refractivity contribution in [2.75, 3.05) is 6.54 Å². The van der Waals surface area contributed by atoms with Gasteiger partial charge < -0.3 is 9.73 Å². The summed E-state index contributed by atoms with van der Waals surface area (Å²) < 4.78 is 19.5. The third-order valence-electron chi connectivity index (χ3n) is 2.49. The van der Waals surface area contributed by atoms with Gasteiger partial charge in [0.05, 0.1) is 10.5 Å². The van der Waals surface area contributed by atoms with Crippen LogP contribution in [0.15, 0.2) is 27.1 Å². The average Bonchev–Trinajstić information content (AvgIpc) is 2.62. The molecule has 1 N–H and O–H groups in total. The van der Waals surface area contributed by atoms with Gasteiger partial charge in [0.1, 0.15) is 17.2 Å². The molecule has 16 heavy (non-hydrogen) atoms. The second kappa shape index (κ2) is 4.55. The van der Waals surface area contributed by atoms with Crippen molar-refractivity contribution in [1.29, 1.82) is 0 Å². The topological polar surface area (TPSA) is 25.2 Å². The van der Waals surface area contributed by atoms with Crippen molar-refractivity contribution in [1.82, 2.24) is 5.32 Å². The van der Waals surface area contributed by atoms with E-state index in [4.69, 9.17) is 4.42 Å². The molecule has 1 atom stereocenters. The normalized spacial score (nSPS) is 13.2. The maximum absolute atomic E-state index is 13.2. The number of rotatable bonds is 3. The first kappa shape index (κ1) is 11.6. The molecule has 0 amide bonds. The van der Waals surface area contributed by atoms with Crippen molar-refractivity contribution < 1.29 is 8.81 Å². The standard InChI is InChI=1S/C12H13BrFNO/c1-3-15-7(2)11-5-8-4-9(14)6-10(13)12(8)16-11/h4-7,15H,3H2,1-2H3. The molecule has 0 aliphatic heterocycles. The number of hydrogen-bond acceptors (Lipinski definition) is 2. The van der Waals surface area contributed by atoms with Gasteiger partial charge >= 0.3 is 0 Å². The highest BCUT2D eigenvalue weighted by atomic mass is 79.9. The van der Waals surface area contributed by atoms with Crippen molar-refractivity contribution in [3.63, 3.8) is 0 Å². The molecule has 86 valence electrons. The Hall–Kier alpha value is -0.870. The largest absolute Gasteiger partial charge is 0.458 e. The molecule has 0 saturated carbocycles. The molecule has 4 heteroatoms. The Labute approximate surface area is 102 Å². The van der Waals surface area contributed by atoms with E-state index in [0.717, 1.165) is 17.7 Å². The van der Waals surface area contributed by atoms with Crippen LogP contribution in [0, 0.1) is 5.82 Å². The number of furan rings is 1. The molecule has 0 spiro atoms. The zero-order chi connectivity index (χ0) is 11.7. The highest BCUT2D eigenvalue weighted by Gasteiger charge is 2.13. The van der Waals surface area contributed by atoms with Crippen LogP contribution < -0.4 is 5.32 Å². The van der Waals surface area contributed by atoms with Gasteiger partial charge in [-0.15, -0.1) is 0 Å². The lowest BCUT2D eigenvalue weighted by Crippen LogP contribution is -2.16. The molecule has 2 aromatic rings. The van der Waals surface area contributed by atoms with Crippen LogP contribution in [0.2, 0.25) is 0 Å². The van der Waals surface area contributed by atoms with Gasteiger partial charge in [0.25, 0.3) is 0 Å². The number of fused-ring (bicyclic) bond motifs is 1. The molecule has 0 saturated heterocycles. The predicted octanol–water partition coefficient (Wildman–Crippen LogP) is 4.00. The summed E-state index contributed by atoms with van der Waals surface area (Å²) in [6.45, 7) is 4.92. The summed E-state index contributed by atoms with van der Waals surface area (Å²) in [6.07, 6.45) is 0. The fourth-order valence-electron chi connectivity index (χ4n) is 1.72. The molecule has 0 fully saturated rings. The van der Waals surface area contributed by atoms with E-state index >= 15 is 0 Å². The smallest absolute Gasteiger partial charge is 0.148 e. The maximum Gasteiger partial charge on any atom is 0.148 e. The molecule has 1 unspecified atom stereocenters. The van der Waals surface area contributed by atoms with Crippen molar-refractivity contribution in [2.45, 2.75) is 19.9 Å². The summed E-state index contributed by atoms with van der Waals surface area (Å²) in [5.41, 5.74) is 0.696. The number of nitrogens with one attached hydrogen (secondary N) is 1. The minimum absolute atomic E-state index is 0.132. The quantitative estimate of drug-likeness (QED) is 0.922. The van der Waals surface area contributed by atoms with Gasteiger partial charge in [-0.3, -0.25) is 0 Å². The molecule has 1 aromatic carbocycles. The molecule has 2 nitrogen and oxygen atoms in total. The summed E-state index contributed by atoms with van der Waals surface area (Å²) in [5, 5.41) is 4.04. The van der Waals surface area contributed by atoms with E-state index in [1.807, 2.05) is 19.9 Å². The lowest BCUT2D eigenvalue weighted by molar-refractivity contribution is 0.458. The fraction of sp³-hybridized carbons (Fsp3) is 0.333. The summed E-state index contributed by atoms with van der Waals surface area (Å²) in [4.78, 5) is 0. The van der Waals surface area contributed by atoms with E-state index in [1.54, 1.807) is 0 Å². The lowest BCUT2D eigenvalue weighted by Gasteiger charge is -2.07. The third kappa shape index (κ3) is 2.13. The molecule has 2 rings (SSSR count). The van der Waals surface area contributed by atoms with E-state index in [-0.39, 0.29) is 11.9 Å². The van der Waals surface area contributed by atoms with Crippen molar-refractivity contribution in [2.24, 2.45) is 0 Å². The fourth-order valence-corrected chi connectivity index (χ4v) is 2.24. The van der Waals surface area contributed by atoms with Gasteiger partial charge in [0, 0.05) is 5.39 Å². The Kier molecular flexibility index (Phi) is 3.30. The summed E-state index contributed by atoms with van der Waals surface area (Å²) in [5.74, 6) is 0.561. The van der Waals surface area contributed by atoms with Gasteiger partial charge in [-0.1, -0.05) is 6.92 Å². The molecule has 0 bridgehead atoms. The van der Waals surface area contributed by atoms with Crippen LogP contribution in [0.3, 0.4) is 0 Å². The van der Waals surface area contributed by atoms with E-state index in [0.29, 0.717) is 10.1 Å². The molecule has 1 heterocycles. The predicted molar refractivity (Wildman–Crippen MR) is 66.0 cm³/mol. The minimum atomic E-state index is -0.261. The molecule has 0 aliphatic carbocycles. The van der Waals surface area contributed by atoms with Crippen molar-refractivity contribution in [3.05, 3.63) is 34.2 Å². The third-order valence-corrected chi connectivity index (χ3v) is 3.08. The van der Waals surface area contributed by atoms with Crippen LogP contribution in [0.5, 0.6) is 0 Å². The molecule has 0 aliphatic rings. The van der Waals surface area contributed by atoms with Crippen LogP contribution >= 0.6 is 15.9 Å². The zero-order valence-corrected chi connectivity index (χ0v) is 10.8. The Morgan fingerprint density at radius 2 is 2.19 bits per heavy atom. The van der Waals surface area contributed by atoms with Crippen LogP contribution in [0.25, 0.3) is 11.0 Å². The summed E-state index contributed by atoms with van der Waals surface area (Å²) >= 11 is 3.29. The summed E-state index contributed by atoms with van der Waals surface area (Å²) in [6, 6.07) is 4.89. The lowest BCUT2D eigenvalue weighted by atomic mass is 10.2. The Morgan fingerprint density at radius 3 is 2.88 bits per heavy atom. The highest BCUT2D eigenvalue weighted by Crippen LogP contribution is 2.30. The van der Waals surface area contributed by atoms with Crippen LogP contribution in [-0.4, -0.2) is 6.54 Å². The SMILES string of the molecule is CCNC(C)c1cc2cc(F)cc(Br)c2o1. The maximum atomic E-state index is 13.2. The molecule has 1 aromatic heterocycles. The van der Waals surface area contributed by atoms with Crippen LogP contribution in [0.4, 0.5) is 4.39 Å². The number of halogens is 2. The first-order valence-electron chi connectivity index (χ1n) is 5.23. The number of hydrogen-bond donors (Lipinski definition) is 1. The molecule has 0 radical (unpaired) electrons. The highest BCUT2D eigenvalue weighted by molar-refractivity contribution is 9.10. The van der Waals surface area contributed by atoms with Gasteiger partial charge in [-0.25, -0.2) is 4.39 Å². The van der Waals surface area contributed by atoms with Gasteiger partial charge in [0.2, 0.25) is 0 Å². The van der Waals surface area contributed by atoms with E-state index in [9.17, 15) is 4.39 Å². The second-order valence-electron chi connectivity index (χ2n) is 3.73. The van der Waals surface area contributed by atoms with Crippen LogP contribution in [-0.2, 0) is 0 Å². The molecular formula is C12H13BrFNO. The Balaban J connectivity index is 2.47. The average molecular weight is 286 g/mol. The first-order chi connectivity index (χ1) is 7.61. The van der Waals surface area contributed by atoms with E-state index in [1.165, 1.54) is 12.1 Å². The van der Waals surface area contributed by atoms with Crippen molar-refractivity contribution >= 4 is 26.9 Å². The molecular weight excluding hydrogens is 273 g/mol. The number of benzene rings is 1.